The molecule has 2 unspecified atom stereocenters. The van der Waals surface area contributed by atoms with Crippen LogP contribution in [0.4, 0.5) is 5.69 Å². The fraction of sp³-hybridized carbons (Fsp3) is 0.333. The minimum absolute atomic E-state index is 0.0375. The van der Waals surface area contributed by atoms with Gasteiger partial charge in [-0.25, -0.2) is 0 Å². The molecule has 0 saturated carbocycles. The molecule has 4 heteroatoms. The molecule has 0 spiro atoms. The van der Waals surface area contributed by atoms with Gasteiger partial charge in [0, 0.05) is 5.69 Å². The molecule has 0 radical (unpaired) electrons. The number of hydrogen-bond donors (Lipinski definition) is 3. The van der Waals surface area contributed by atoms with E-state index in [-0.39, 0.29) is 24.7 Å². The topological polar surface area (TPSA) is 65.0 Å². The van der Waals surface area contributed by atoms with Crippen LogP contribution in [0.25, 0.3) is 0 Å². The van der Waals surface area contributed by atoms with E-state index in [4.69, 9.17) is 14.9 Å². The first-order chi connectivity index (χ1) is 6.29. The van der Waals surface area contributed by atoms with E-state index in [9.17, 15) is 0 Å². The van der Waals surface area contributed by atoms with Gasteiger partial charge in [-0.3, -0.25) is 0 Å². The minimum atomic E-state index is -0.0891. The number of phenolic OH excluding ortho intramolecular Hbond substituents is 1. The predicted octanol–water partition coefficient (Wildman–Crippen LogP) is 0.521. The summed E-state index contributed by atoms with van der Waals surface area (Å²) in [5.74, 6) is 0.237. The SMILES string of the molecule is OCC1OC1Nc1ccc(O)cc1. The molecule has 1 aromatic rings. The van der Waals surface area contributed by atoms with Crippen LogP contribution in [-0.2, 0) is 4.74 Å². The molecule has 1 saturated heterocycles. The number of anilines is 1. The largest absolute Gasteiger partial charge is 0.508 e. The number of hydrogen-bond acceptors (Lipinski definition) is 4. The summed E-state index contributed by atoms with van der Waals surface area (Å²) in [4.78, 5) is 0. The molecule has 13 heavy (non-hydrogen) atoms. The van der Waals surface area contributed by atoms with Gasteiger partial charge in [-0.2, -0.15) is 0 Å². The van der Waals surface area contributed by atoms with Crippen LogP contribution in [0.2, 0.25) is 0 Å². The molecule has 0 amide bonds. The summed E-state index contributed by atoms with van der Waals surface area (Å²) in [5, 5.41) is 20.7. The lowest BCUT2D eigenvalue weighted by atomic mass is 10.3. The second kappa shape index (κ2) is 3.24. The Morgan fingerprint density at radius 1 is 1.31 bits per heavy atom. The van der Waals surface area contributed by atoms with Crippen LogP contribution < -0.4 is 5.32 Å². The van der Waals surface area contributed by atoms with E-state index in [1.54, 1.807) is 24.3 Å². The molecule has 1 aliphatic heterocycles. The molecule has 4 nitrogen and oxygen atoms in total. The van der Waals surface area contributed by atoms with Crippen molar-refractivity contribution in [1.82, 2.24) is 0 Å². The van der Waals surface area contributed by atoms with Crippen LogP contribution >= 0.6 is 0 Å². The average Bonchev–Trinajstić information content (AvgIpc) is 2.88. The molecule has 2 rings (SSSR count). The van der Waals surface area contributed by atoms with Gasteiger partial charge in [-0.1, -0.05) is 0 Å². The summed E-state index contributed by atoms with van der Waals surface area (Å²) in [6.45, 7) is 0.0375. The fourth-order valence-corrected chi connectivity index (χ4v) is 1.13. The highest BCUT2D eigenvalue weighted by Crippen LogP contribution is 2.24. The smallest absolute Gasteiger partial charge is 0.157 e. The average molecular weight is 181 g/mol. The number of aliphatic hydroxyl groups excluding tert-OH is 1. The number of rotatable bonds is 3. The van der Waals surface area contributed by atoms with Gasteiger partial charge in [0.05, 0.1) is 6.61 Å². The van der Waals surface area contributed by atoms with Gasteiger partial charge >= 0.3 is 0 Å². The summed E-state index contributed by atoms with van der Waals surface area (Å²) in [5.41, 5.74) is 0.874. The van der Waals surface area contributed by atoms with Gasteiger partial charge in [0.25, 0.3) is 0 Å². The molecule has 1 heterocycles. The normalized spacial score (nSPS) is 25.6. The zero-order valence-electron chi connectivity index (χ0n) is 6.97. The first-order valence-electron chi connectivity index (χ1n) is 4.11. The molecule has 0 bridgehead atoms. The van der Waals surface area contributed by atoms with Crippen LogP contribution in [0.1, 0.15) is 0 Å². The second-order valence-corrected chi connectivity index (χ2v) is 2.97. The van der Waals surface area contributed by atoms with Crippen molar-refractivity contribution in [2.45, 2.75) is 12.3 Å². The van der Waals surface area contributed by atoms with Crippen molar-refractivity contribution in [1.29, 1.82) is 0 Å². The second-order valence-electron chi connectivity index (χ2n) is 2.97. The van der Waals surface area contributed by atoms with Crippen molar-refractivity contribution >= 4 is 5.69 Å². The third kappa shape index (κ3) is 1.91. The van der Waals surface area contributed by atoms with Crippen LogP contribution in [0.3, 0.4) is 0 Å². The third-order valence-corrected chi connectivity index (χ3v) is 1.94. The zero-order chi connectivity index (χ0) is 9.26. The van der Waals surface area contributed by atoms with E-state index < -0.39 is 0 Å². The number of ether oxygens (including phenoxy) is 1. The predicted molar refractivity (Wildman–Crippen MR) is 47.5 cm³/mol. The standard InChI is InChI=1S/C9H11NO3/c11-5-8-9(13-8)10-6-1-3-7(12)4-2-6/h1-4,8-12H,5H2. The van der Waals surface area contributed by atoms with Crippen LogP contribution in [0, 0.1) is 0 Å². The lowest BCUT2D eigenvalue weighted by Gasteiger charge is -2.01. The van der Waals surface area contributed by atoms with Crippen molar-refractivity contribution in [2.24, 2.45) is 0 Å². The number of phenols is 1. The van der Waals surface area contributed by atoms with Crippen molar-refractivity contribution in [3.8, 4) is 5.75 Å². The van der Waals surface area contributed by atoms with E-state index >= 15 is 0 Å². The summed E-state index contributed by atoms with van der Waals surface area (Å²) in [6.07, 6.45) is -0.177. The Morgan fingerprint density at radius 2 is 2.00 bits per heavy atom. The highest BCUT2D eigenvalue weighted by molar-refractivity contribution is 5.47. The Kier molecular flexibility index (Phi) is 2.08. The van der Waals surface area contributed by atoms with E-state index in [2.05, 4.69) is 5.32 Å². The van der Waals surface area contributed by atoms with Gasteiger partial charge < -0.3 is 20.3 Å². The van der Waals surface area contributed by atoms with Gasteiger partial charge in [-0.05, 0) is 24.3 Å². The van der Waals surface area contributed by atoms with Gasteiger partial charge in [0.1, 0.15) is 11.9 Å². The summed E-state index contributed by atoms with van der Waals surface area (Å²) < 4.78 is 5.08. The highest BCUT2D eigenvalue weighted by Gasteiger charge is 2.37. The van der Waals surface area contributed by atoms with Crippen LogP contribution in [0.15, 0.2) is 24.3 Å². The summed E-state index contributed by atoms with van der Waals surface area (Å²) >= 11 is 0. The number of benzene rings is 1. The fourth-order valence-electron chi connectivity index (χ4n) is 1.13. The van der Waals surface area contributed by atoms with Crippen LogP contribution in [-0.4, -0.2) is 29.2 Å². The van der Waals surface area contributed by atoms with Gasteiger partial charge in [0.15, 0.2) is 6.23 Å². The minimum Gasteiger partial charge on any atom is -0.508 e. The Hall–Kier alpha value is -1.26. The number of aromatic hydroxyl groups is 1. The molecular weight excluding hydrogens is 170 g/mol. The van der Waals surface area contributed by atoms with Gasteiger partial charge in [0.2, 0.25) is 0 Å². The first-order valence-corrected chi connectivity index (χ1v) is 4.11. The molecule has 1 aliphatic rings. The molecule has 1 aromatic carbocycles. The number of epoxide rings is 1. The number of aliphatic hydroxyl groups is 1. The molecule has 2 atom stereocenters. The van der Waals surface area contributed by atoms with E-state index in [1.165, 1.54) is 0 Å². The van der Waals surface area contributed by atoms with Crippen molar-refractivity contribution in [3.05, 3.63) is 24.3 Å². The Balaban J connectivity index is 1.92. The van der Waals surface area contributed by atoms with Crippen LogP contribution in [0.5, 0.6) is 5.75 Å². The third-order valence-electron chi connectivity index (χ3n) is 1.94. The molecule has 3 N–H and O–H groups in total. The van der Waals surface area contributed by atoms with Crippen molar-refractivity contribution < 1.29 is 14.9 Å². The summed E-state index contributed by atoms with van der Waals surface area (Å²) in [7, 11) is 0. The maximum atomic E-state index is 9.01. The molecule has 70 valence electrons. The Labute approximate surface area is 75.8 Å². The molecule has 0 aliphatic carbocycles. The number of nitrogens with one attached hydrogen (secondary N) is 1. The molecular formula is C9H11NO3. The zero-order valence-corrected chi connectivity index (χ0v) is 6.97. The molecule has 1 fully saturated rings. The Morgan fingerprint density at radius 3 is 2.54 bits per heavy atom. The molecule has 0 aromatic heterocycles. The monoisotopic (exact) mass is 181 g/mol. The highest BCUT2D eigenvalue weighted by atomic mass is 16.6. The van der Waals surface area contributed by atoms with Gasteiger partial charge in [-0.15, -0.1) is 0 Å². The van der Waals surface area contributed by atoms with E-state index in [1.807, 2.05) is 0 Å². The Bertz CT molecular complexity index is 285. The quantitative estimate of drug-likeness (QED) is 0.470. The van der Waals surface area contributed by atoms with E-state index in [0.29, 0.717) is 0 Å². The first kappa shape index (κ1) is 8.34. The maximum Gasteiger partial charge on any atom is 0.157 e. The lowest BCUT2D eigenvalue weighted by Crippen LogP contribution is -2.09. The van der Waals surface area contributed by atoms with Crippen molar-refractivity contribution in [3.63, 3.8) is 0 Å². The van der Waals surface area contributed by atoms with E-state index in [0.717, 1.165) is 5.69 Å². The van der Waals surface area contributed by atoms with Crippen molar-refractivity contribution in [2.75, 3.05) is 11.9 Å². The maximum absolute atomic E-state index is 9.01. The lowest BCUT2D eigenvalue weighted by molar-refractivity contribution is 0.242. The summed E-state index contributed by atoms with van der Waals surface area (Å²) in [6, 6.07) is 6.70.